The van der Waals surface area contributed by atoms with Gasteiger partial charge in [-0.2, -0.15) is 0 Å². The fourth-order valence-electron chi connectivity index (χ4n) is 2.90. The van der Waals surface area contributed by atoms with Gasteiger partial charge in [0, 0.05) is 16.1 Å². The molecule has 26 heavy (non-hydrogen) atoms. The molecule has 6 nitrogen and oxygen atoms in total. The van der Waals surface area contributed by atoms with Crippen molar-refractivity contribution in [3.8, 4) is 0 Å². The number of nitrogens with zero attached hydrogens (tertiary/aromatic N) is 1. The molecule has 1 aromatic heterocycles. The van der Waals surface area contributed by atoms with Gasteiger partial charge in [0.2, 0.25) is 10.0 Å². The first-order chi connectivity index (χ1) is 12.3. The van der Waals surface area contributed by atoms with Gasteiger partial charge in [-0.15, -0.1) is 0 Å². The summed E-state index contributed by atoms with van der Waals surface area (Å²) in [7, 11) is -2.07. The van der Waals surface area contributed by atoms with Gasteiger partial charge in [-0.25, -0.2) is 13.2 Å². The molecule has 3 rings (SSSR count). The molecule has 0 radical (unpaired) electrons. The molecule has 0 aliphatic heterocycles. The van der Waals surface area contributed by atoms with Crippen molar-refractivity contribution < 1.29 is 17.9 Å². The number of fused-ring (bicyclic) bond motifs is 1. The Hall–Kier alpha value is -2.32. The van der Waals surface area contributed by atoms with E-state index in [1.54, 1.807) is 29.0 Å². The van der Waals surface area contributed by atoms with Crippen LogP contribution in [0, 0.1) is 0 Å². The quantitative estimate of drug-likeness (QED) is 0.620. The van der Waals surface area contributed by atoms with E-state index in [1.165, 1.54) is 7.11 Å². The number of sulfonamides is 1. The average molecular weight is 437 g/mol. The van der Waals surface area contributed by atoms with Gasteiger partial charge in [-0.3, -0.25) is 4.72 Å². The van der Waals surface area contributed by atoms with Crippen LogP contribution < -0.4 is 4.72 Å². The minimum absolute atomic E-state index is 0.415. The molecule has 0 bridgehead atoms. The molecule has 0 saturated carbocycles. The summed E-state index contributed by atoms with van der Waals surface area (Å²) in [5.41, 5.74) is 1.93. The van der Waals surface area contributed by atoms with Crippen molar-refractivity contribution in [3.05, 3.63) is 64.8 Å². The number of anilines is 1. The van der Waals surface area contributed by atoms with Crippen LogP contribution in [0.3, 0.4) is 0 Å². The van der Waals surface area contributed by atoms with Crippen molar-refractivity contribution in [2.24, 2.45) is 0 Å². The van der Waals surface area contributed by atoms with Crippen LogP contribution in [0.2, 0.25) is 0 Å². The number of aromatic nitrogens is 1. The molecule has 1 unspecified atom stereocenters. The van der Waals surface area contributed by atoms with Crippen LogP contribution in [-0.2, 0) is 19.6 Å². The third kappa shape index (κ3) is 3.76. The van der Waals surface area contributed by atoms with E-state index < -0.39 is 22.0 Å². The predicted molar refractivity (Wildman–Crippen MR) is 105 cm³/mol. The highest BCUT2D eigenvalue weighted by Gasteiger charge is 2.25. The summed E-state index contributed by atoms with van der Waals surface area (Å²) < 4.78 is 33.3. The van der Waals surface area contributed by atoms with E-state index in [9.17, 15) is 13.2 Å². The van der Waals surface area contributed by atoms with Crippen LogP contribution in [0.4, 0.5) is 5.69 Å². The van der Waals surface area contributed by atoms with E-state index in [1.807, 2.05) is 30.3 Å². The van der Waals surface area contributed by atoms with Gasteiger partial charge < -0.3 is 9.30 Å². The minimum Gasteiger partial charge on any atom is -0.467 e. The maximum atomic E-state index is 12.5. The van der Waals surface area contributed by atoms with Crippen LogP contribution in [0.1, 0.15) is 11.6 Å². The molecule has 1 atom stereocenters. The van der Waals surface area contributed by atoms with Crippen LogP contribution >= 0.6 is 15.9 Å². The van der Waals surface area contributed by atoms with E-state index in [0.717, 1.165) is 16.3 Å². The first-order valence-corrected chi connectivity index (χ1v) is 10.4. The van der Waals surface area contributed by atoms with Crippen LogP contribution in [0.5, 0.6) is 0 Å². The molecule has 0 aliphatic rings. The number of methoxy groups -OCH3 is 1. The standard InChI is InChI=1S/C18H17BrN2O4S/c1-25-18(22)17(12-5-3-6-13(19)11-12)21-10-9-14-15(20-26(2,23)24)7-4-8-16(14)21/h3-11,17,20H,1-2H3. The third-order valence-corrected chi connectivity index (χ3v) is 5.01. The summed E-state index contributed by atoms with van der Waals surface area (Å²) >= 11 is 3.42. The van der Waals surface area contributed by atoms with Crippen LogP contribution in [0.15, 0.2) is 59.2 Å². The summed E-state index contributed by atoms with van der Waals surface area (Å²) in [6.45, 7) is 0. The van der Waals surface area contributed by atoms with Crippen molar-refractivity contribution in [3.63, 3.8) is 0 Å². The summed E-state index contributed by atoms with van der Waals surface area (Å²) in [6.07, 6.45) is 2.85. The zero-order chi connectivity index (χ0) is 18.9. The van der Waals surface area contributed by atoms with Gasteiger partial charge in [0.1, 0.15) is 0 Å². The van der Waals surface area contributed by atoms with Crippen molar-refractivity contribution in [1.29, 1.82) is 0 Å². The lowest BCUT2D eigenvalue weighted by Gasteiger charge is -2.19. The summed E-state index contributed by atoms with van der Waals surface area (Å²) in [4.78, 5) is 12.5. The topological polar surface area (TPSA) is 77.4 Å². The number of hydrogen-bond donors (Lipinski definition) is 1. The molecule has 0 fully saturated rings. The highest BCUT2D eigenvalue weighted by Crippen LogP contribution is 2.31. The Labute approximate surface area is 160 Å². The number of ether oxygens (including phenoxy) is 1. The molecule has 0 spiro atoms. The number of halogens is 1. The van der Waals surface area contributed by atoms with E-state index in [0.29, 0.717) is 16.6 Å². The molecule has 1 N–H and O–H groups in total. The molecule has 0 aliphatic carbocycles. The average Bonchev–Trinajstić information content (AvgIpc) is 2.99. The number of hydrogen-bond acceptors (Lipinski definition) is 4. The Bertz CT molecular complexity index is 1080. The highest BCUT2D eigenvalue weighted by atomic mass is 79.9. The van der Waals surface area contributed by atoms with Gasteiger partial charge in [0.25, 0.3) is 0 Å². The molecule has 8 heteroatoms. The Morgan fingerprint density at radius 3 is 2.58 bits per heavy atom. The van der Waals surface area contributed by atoms with Gasteiger partial charge >= 0.3 is 5.97 Å². The van der Waals surface area contributed by atoms with Gasteiger partial charge in [-0.1, -0.05) is 34.1 Å². The zero-order valence-corrected chi connectivity index (χ0v) is 16.5. The van der Waals surface area contributed by atoms with Crippen LogP contribution in [-0.4, -0.2) is 32.3 Å². The Morgan fingerprint density at radius 2 is 1.92 bits per heavy atom. The first kappa shape index (κ1) is 18.5. The molecule has 136 valence electrons. The predicted octanol–water partition coefficient (Wildman–Crippen LogP) is 3.54. The van der Waals surface area contributed by atoms with Crippen molar-refractivity contribution >= 4 is 48.5 Å². The molecule has 0 saturated heterocycles. The molecular weight excluding hydrogens is 420 g/mol. The number of carbonyl (C=O) groups excluding carboxylic acids is 1. The zero-order valence-electron chi connectivity index (χ0n) is 14.1. The minimum atomic E-state index is -3.42. The fourth-order valence-corrected chi connectivity index (χ4v) is 3.90. The van der Waals surface area contributed by atoms with Gasteiger partial charge in [0.05, 0.1) is 24.6 Å². The lowest BCUT2D eigenvalue weighted by molar-refractivity contribution is -0.143. The molecule has 1 heterocycles. The fraction of sp³-hybridized carbons (Fsp3) is 0.167. The molecule has 0 amide bonds. The summed E-state index contributed by atoms with van der Waals surface area (Å²) in [6, 6.07) is 13.7. The van der Waals surface area contributed by atoms with E-state index >= 15 is 0 Å². The van der Waals surface area contributed by atoms with E-state index in [2.05, 4.69) is 20.7 Å². The maximum absolute atomic E-state index is 12.5. The summed E-state index contributed by atoms with van der Waals surface area (Å²) in [5, 5.41) is 0.696. The molecule has 3 aromatic rings. The van der Waals surface area contributed by atoms with E-state index in [4.69, 9.17) is 4.74 Å². The van der Waals surface area contributed by atoms with Gasteiger partial charge in [-0.05, 0) is 35.9 Å². The number of esters is 1. The largest absolute Gasteiger partial charge is 0.467 e. The Morgan fingerprint density at radius 1 is 1.19 bits per heavy atom. The lowest BCUT2D eigenvalue weighted by atomic mass is 10.1. The second-order valence-corrected chi connectivity index (χ2v) is 8.48. The van der Waals surface area contributed by atoms with Crippen LogP contribution in [0.25, 0.3) is 10.9 Å². The molecular formula is C18H17BrN2O4S. The first-order valence-electron chi connectivity index (χ1n) is 7.71. The second kappa shape index (κ2) is 7.13. The van der Waals surface area contributed by atoms with Crippen molar-refractivity contribution in [1.82, 2.24) is 4.57 Å². The lowest BCUT2D eigenvalue weighted by Crippen LogP contribution is -2.21. The van der Waals surface area contributed by atoms with Crippen molar-refractivity contribution in [2.75, 3.05) is 18.1 Å². The Balaban J connectivity index is 2.18. The van der Waals surface area contributed by atoms with Gasteiger partial charge in [0.15, 0.2) is 6.04 Å². The normalized spacial score (nSPS) is 12.7. The number of carbonyl (C=O) groups is 1. The second-order valence-electron chi connectivity index (χ2n) is 5.82. The number of nitrogens with one attached hydrogen (secondary N) is 1. The van der Waals surface area contributed by atoms with E-state index in [-0.39, 0.29) is 0 Å². The third-order valence-electron chi connectivity index (χ3n) is 3.93. The Kier molecular flexibility index (Phi) is 5.06. The van der Waals surface area contributed by atoms with Crippen molar-refractivity contribution in [2.45, 2.75) is 6.04 Å². The maximum Gasteiger partial charge on any atom is 0.333 e. The number of benzene rings is 2. The number of rotatable bonds is 5. The molecule has 2 aromatic carbocycles. The SMILES string of the molecule is COC(=O)C(c1cccc(Br)c1)n1ccc2c(NS(C)(=O)=O)cccc21. The highest BCUT2D eigenvalue weighted by molar-refractivity contribution is 9.10. The smallest absolute Gasteiger partial charge is 0.333 e. The summed E-state index contributed by atoms with van der Waals surface area (Å²) in [5.74, 6) is -0.415. The monoisotopic (exact) mass is 436 g/mol.